The summed E-state index contributed by atoms with van der Waals surface area (Å²) in [5.74, 6) is 0. The van der Waals surface area contributed by atoms with Crippen molar-refractivity contribution in [1.82, 2.24) is 0 Å². The van der Waals surface area contributed by atoms with Gasteiger partial charge in [-0.3, -0.25) is 0 Å². The van der Waals surface area contributed by atoms with Crippen LogP contribution in [0, 0.1) is 0 Å². The first kappa shape index (κ1) is 11.4. The van der Waals surface area contributed by atoms with Gasteiger partial charge in [0.15, 0.2) is 0 Å². The number of hydrogen-bond acceptors (Lipinski definition) is 1. The van der Waals surface area contributed by atoms with E-state index in [-0.39, 0.29) is 24.4 Å². The molecule has 16 heavy (non-hydrogen) atoms. The van der Waals surface area contributed by atoms with E-state index < -0.39 is 17.4 Å². The Morgan fingerprint density at radius 2 is 1.75 bits per heavy atom. The third kappa shape index (κ3) is 1.80. The molecule has 5 heteroatoms. The van der Waals surface area contributed by atoms with Crippen molar-refractivity contribution in [2.24, 2.45) is 5.73 Å². The molecule has 0 bridgehead atoms. The number of hydrogen-bond donors (Lipinski definition) is 1. The van der Waals surface area contributed by atoms with Crippen molar-refractivity contribution in [3.63, 3.8) is 0 Å². The number of alkyl halides is 4. The molecule has 2 N–H and O–H groups in total. The molecule has 0 radical (unpaired) electrons. The lowest BCUT2D eigenvalue weighted by Crippen LogP contribution is -2.47. The number of benzene rings is 1. The summed E-state index contributed by atoms with van der Waals surface area (Å²) >= 11 is 0. The fourth-order valence-corrected chi connectivity index (χ4v) is 2.11. The van der Waals surface area contributed by atoms with E-state index in [2.05, 4.69) is 0 Å². The van der Waals surface area contributed by atoms with Crippen molar-refractivity contribution in [2.75, 3.05) is 0 Å². The van der Waals surface area contributed by atoms with Crippen LogP contribution in [-0.2, 0) is 11.8 Å². The van der Waals surface area contributed by atoms with E-state index in [1.54, 1.807) is 0 Å². The number of halogens is 4. The molecule has 88 valence electrons. The van der Waals surface area contributed by atoms with Crippen molar-refractivity contribution in [2.45, 2.75) is 30.7 Å². The third-order valence-electron chi connectivity index (χ3n) is 2.89. The van der Waals surface area contributed by atoms with Gasteiger partial charge in [-0.05, 0) is 6.07 Å². The second-order valence-electron chi connectivity index (χ2n) is 4.18. The lowest BCUT2D eigenvalue weighted by atomic mass is 9.72. The van der Waals surface area contributed by atoms with E-state index >= 15 is 0 Å². The minimum absolute atomic E-state index is 0.0416. The van der Waals surface area contributed by atoms with Gasteiger partial charge in [0, 0.05) is 24.4 Å². The molecule has 0 saturated heterocycles. The topological polar surface area (TPSA) is 26.0 Å². The maximum absolute atomic E-state index is 14.1. The first-order valence-electron chi connectivity index (χ1n) is 4.94. The molecular weight excluding hydrogens is 222 g/mol. The molecule has 1 aromatic rings. The standard InChI is InChI=1S/C11H11F4N/c12-10(5-7(16)6-10)8-3-1-2-4-9(8)11(13,14)15/h1-4,7H,5-6,16H2. The van der Waals surface area contributed by atoms with E-state index in [1.165, 1.54) is 18.2 Å². The van der Waals surface area contributed by atoms with Crippen LogP contribution in [0.1, 0.15) is 24.0 Å². The first-order valence-corrected chi connectivity index (χ1v) is 4.94. The zero-order valence-electron chi connectivity index (χ0n) is 8.39. The molecule has 1 nitrogen and oxygen atoms in total. The average Bonchev–Trinajstić information content (AvgIpc) is 2.14. The number of rotatable bonds is 1. The summed E-state index contributed by atoms with van der Waals surface area (Å²) in [5, 5.41) is 0. The van der Waals surface area contributed by atoms with Crippen LogP contribution < -0.4 is 5.73 Å². The van der Waals surface area contributed by atoms with Crippen molar-refractivity contribution in [1.29, 1.82) is 0 Å². The molecule has 2 rings (SSSR count). The van der Waals surface area contributed by atoms with Gasteiger partial charge in [0.1, 0.15) is 5.67 Å². The highest BCUT2D eigenvalue weighted by Crippen LogP contribution is 2.48. The van der Waals surface area contributed by atoms with E-state index in [1.807, 2.05) is 0 Å². The summed E-state index contributed by atoms with van der Waals surface area (Å²) < 4.78 is 52.0. The molecule has 0 amide bonds. The molecule has 1 aliphatic carbocycles. The molecular formula is C11H11F4N. The van der Waals surface area contributed by atoms with Crippen molar-refractivity contribution in [3.05, 3.63) is 35.4 Å². The van der Waals surface area contributed by atoms with Gasteiger partial charge in [0.2, 0.25) is 0 Å². The normalized spacial score (nSPS) is 29.9. The Morgan fingerprint density at radius 3 is 2.25 bits per heavy atom. The summed E-state index contributed by atoms with van der Waals surface area (Å²) in [6, 6.07) is 4.42. The van der Waals surface area contributed by atoms with Crippen LogP contribution in [0.25, 0.3) is 0 Å². The van der Waals surface area contributed by atoms with E-state index in [0.717, 1.165) is 6.07 Å². The van der Waals surface area contributed by atoms with Crippen LogP contribution in [-0.4, -0.2) is 6.04 Å². The monoisotopic (exact) mass is 233 g/mol. The van der Waals surface area contributed by atoms with Gasteiger partial charge in [-0.2, -0.15) is 13.2 Å². The van der Waals surface area contributed by atoms with E-state index in [0.29, 0.717) is 0 Å². The largest absolute Gasteiger partial charge is 0.416 e. The van der Waals surface area contributed by atoms with Gasteiger partial charge >= 0.3 is 6.18 Å². The maximum atomic E-state index is 14.1. The van der Waals surface area contributed by atoms with Crippen molar-refractivity contribution in [3.8, 4) is 0 Å². The quantitative estimate of drug-likeness (QED) is 0.741. The average molecular weight is 233 g/mol. The summed E-state index contributed by atoms with van der Waals surface area (Å²) in [7, 11) is 0. The predicted molar refractivity (Wildman–Crippen MR) is 51.4 cm³/mol. The number of nitrogens with two attached hydrogens (primary N) is 1. The van der Waals surface area contributed by atoms with Crippen LogP contribution in [0.2, 0.25) is 0 Å². The Kier molecular flexibility index (Phi) is 2.45. The maximum Gasteiger partial charge on any atom is 0.416 e. The SMILES string of the molecule is NC1CC(F)(c2ccccc2C(F)(F)F)C1. The van der Waals surface area contributed by atoms with Gasteiger partial charge in [0.25, 0.3) is 0 Å². The van der Waals surface area contributed by atoms with E-state index in [9.17, 15) is 17.6 Å². The van der Waals surface area contributed by atoms with Crippen LogP contribution in [0.3, 0.4) is 0 Å². The van der Waals surface area contributed by atoms with Gasteiger partial charge in [-0.25, -0.2) is 4.39 Å². The zero-order chi connectivity index (χ0) is 12.0. The molecule has 0 spiro atoms. The van der Waals surface area contributed by atoms with Gasteiger partial charge < -0.3 is 5.73 Å². The lowest BCUT2D eigenvalue weighted by Gasteiger charge is -2.40. The fourth-order valence-electron chi connectivity index (χ4n) is 2.11. The minimum atomic E-state index is -4.52. The van der Waals surface area contributed by atoms with Crippen molar-refractivity contribution < 1.29 is 17.6 Å². The predicted octanol–water partition coefficient (Wildman–Crippen LogP) is 2.99. The van der Waals surface area contributed by atoms with E-state index in [4.69, 9.17) is 5.73 Å². The van der Waals surface area contributed by atoms with Crippen LogP contribution in [0.4, 0.5) is 17.6 Å². The van der Waals surface area contributed by atoms with Gasteiger partial charge in [-0.1, -0.05) is 18.2 Å². The zero-order valence-corrected chi connectivity index (χ0v) is 8.39. The van der Waals surface area contributed by atoms with Gasteiger partial charge in [0.05, 0.1) is 5.56 Å². The summed E-state index contributed by atoms with van der Waals surface area (Å²) in [6.45, 7) is 0. The Labute approximate surface area is 90.3 Å². The Bertz CT molecular complexity index is 393. The molecule has 0 heterocycles. The second-order valence-corrected chi connectivity index (χ2v) is 4.18. The summed E-state index contributed by atoms with van der Waals surface area (Å²) in [6.07, 6.45) is -4.60. The summed E-state index contributed by atoms with van der Waals surface area (Å²) in [5.41, 5.74) is 2.33. The lowest BCUT2D eigenvalue weighted by molar-refractivity contribution is -0.140. The van der Waals surface area contributed by atoms with Crippen LogP contribution >= 0.6 is 0 Å². The smallest absolute Gasteiger partial charge is 0.327 e. The van der Waals surface area contributed by atoms with Gasteiger partial charge in [-0.15, -0.1) is 0 Å². The second kappa shape index (κ2) is 3.45. The highest BCUT2D eigenvalue weighted by molar-refractivity contribution is 5.36. The Balaban J connectivity index is 2.42. The molecule has 0 aliphatic heterocycles. The highest BCUT2D eigenvalue weighted by Gasteiger charge is 2.49. The molecule has 0 atom stereocenters. The highest BCUT2D eigenvalue weighted by atomic mass is 19.4. The Morgan fingerprint density at radius 1 is 1.19 bits per heavy atom. The first-order chi connectivity index (χ1) is 7.33. The molecule has 1 fully saturated rings. The van der Waals surface area contributed by atoms with Crippen LogP contribution in [0.5, 0.6) is 0 Å². The molecule has 1 saturated carbocycles. The summed E-state index contributed by atoms with van der Waals surface area (Å²) in [4.78, 5) is 0. The molecule has 0 unspecified atom stereocenters. The Hall–Kier alpha value is -1.10. The molecule has 1 aliphatic rings. The van der Waals surface area contributed by atoms with Crippen LogP contribution in [0.15, 0.2) is 24.3 Å². The third-order valence-corrected chi connectivity index (χ3v) is 2.89. The molecule has 0 aromatic heterocycles. The fraction of sp³-hybridized carbons (Fsp3) is 0.455. The molecule has 1 aromatic carbocycles. The van der Waals surface area contributed by atoms with Crippen molar-refractivity contribution >= 4 is 0 Å². The minimum Gasteiger partial charge on any atom is -0.327 e.